The number of furan rings is 1. The van der Waals surface area contributed by atoms with Crippen LogP contribution in [0.1, 0.15) is 28.0 Å². The third-order valence-electron chi connectivity index (χ3n) is 3.27. The van der Waals surface area contributed by atoms with Crippen molar-refractivity contribution >= 4 is 39.8 Å². The standard InChI is InChI=1S/C16H14ClNO3S/c17-15-6-5-14(22-15)16(20)18-8-7-11(19)13-9-10-3-1-2-4-12(10)21-13/h1-6,9,11,19H,7-8H2,(H,18,20)/t11-/m1/s1. The van der Waals surface area contributed by atoms with Crippen LogP contribution in [0.2, 0.25) is 4.34 Å². The number of carbonyl (C=O) groups excluding carboxylic acids is 1. The van der Waals surface area contributed by atoms with Crippen molar-refractivity contribution in [2.24, 2.45) is 0 Å². The number of thiophene rings is 1. The number of halogens is 1. The first-order valence-electron chi connectivity index (χ1n) is 6.83. The van der Waals surface area contributed by atoms with Gasteiger partial charge < -0.3 is 14.8 Å². The van der Waals surface area contributed by atoms with Crippen LogP contribution in [-0.4, -0.2) is 17.6 Å². The first-order valence-corrected chi connectivity index (χ1v) is 8.03. The Balaban J connectivity index is 1.55. The predicted molar refractivity (Wildman–Crippen MR) is 87.5 cm³/mol. The maximum absolute atomic E-state index is 11.9. The topological polar surface area (TPSA) is 62.5 Å². The van der Waals surface area contributed by atoms with Crippen molar-refractivity contribution in [3.8, 4) is 0 Å². The minimum atomic E-state index is -0.750. The summed E-state index contributed by atoms with van der Waals surface area (Å²) in [7, 11) is 0. The van der Waals surface area contributed by atoms with Crippen LogP contribution in [0.4, 0.5) is 0 Å². The number of aliphatic hydroxyl groups is 1. The molecule has 0 spiro atoms. The first kappa shape index (κ1) is 15.1. The molecule has 0 saturated heterocycles. The lowest BCUT2D eigenvalue weighted by atomic mass is 10.2. The van der Waals surface area contributed by atoms with Gasteiger partial charge in [0.05, 0.1) is 9.21 Å². The number of carbonyl (C=O) groups is 1. The highest BCUT2D eigenvalue weighted by Crippen LogP contribution is 2.25. The molecule has 114 valence electrons. The molecule has 1 amide bonds. The van der Waals surface area contributed by atoms with Crippen LogP contribution in [-0.2, 0) is 0 Å². The van der Waals surface area contributed by atoms with Crippen molar-refractivity contribution in [1.82, 2.24) is 5.32 Å². The van der Waals surface area contributed by atoms with Crippen LogP contribution >= 0.6 is 22.9 Å². The Morgan fingerprint density at radius 3 is 2.86 bits per heavy atom. The highest BCUT2D eigenvalue weighted by Gasteiger charge is 2.14. The zero-order chi connectivity index (χ0) is 15.5. The summed E-state index contributed by atoms with van der Waals surface area (Å²) < 4.78 is 6.17. The van der Waals surface area contributed by atoms with Gasteiger partial charge >= 0.3 is 0 Å². The van der Waals surface area contributed by atoms with Gasteiger partial charge in [-0.25, -0.2) is 0 Å². The van der Waals surface area contributed by atoms with Gasteiger partial charge in [-0.3, -0.25) is 4.79 Å². The molecule has 0 bridgehead atoms. The molecular formula is C16H14ClNO3S. The van der Waals surface area contributed by atoms with E-state index in [0.29, 0.717) is 27.9 Å². The fourth-order valence-corrected chi connectivity index (χ4v) is 3.11. The molecular weight excluding hydrogens is 322 g/mol. The summed E-state index contributed by atoms with van der Waals surface area (Å²) in [5.41, 5.74) is 0.744. The van der Waals surface area contributed by atoms with Crippen molar-refractivity contribution in [1.29, 1.82) is 0 Å². The summed E-state index contributed by atoms with van der Waals surface area (Å²) in [6, 6.07) is 12.8. The monoisotopic (exact) mass is 335 g/mol. The van der Waals surface area contributed by atoms with E-state index in [-0.39, 0.29) is 5.91 Å². The zero-order valence-corrected chi connectivity index (χ0v) is 13.2. The molecule has 0 aliphatic rings. The average Bonchev–Trinajstić information content (AvgIpc) is 3.12. The quantitative estimate of drug-likeness (QED) is 0.740. The molecule has 0 saturated carbocycles. The van der Waals surface area contributed by atoms with Crippen LogP contribution in [0.15, 0.2) is 46.9 Å². The van der Waals surface area contributed by atoms with Gasteiger partial charge in [0, 0.05) is 11.9 Å². The summed E-state index contributed by atoms with van der Waals surface area (Å²) >= 11 is 7.02. The summed E-state index contributed by atoms with van der Waals surface area (Å²) in [4.78, 5) is 12.4. The van der Waals surface area contributed by atoms with Crippen molar-refractivity contribution in [3.63, 3.8) is 0 Å². The van der Waals surface area contributed by atoms with Crippen LogP contribution in [0.3, 0.4) is 0 Å². The molecule has 0 fully saturated rings. The molecule has 0 radical (unpaired) electrons. The van der Waals surface area contributed by atoms with Gasteiger partial charge in [0.1, 0.15) is 17.4 Å². The highest BCUT2D eigenvalue weighted by atomic mass is 35.5. The van der Waals surface area contributed by atoms with Crippen molar-refractivity contribution < 1.29 is 14.3 Å². The molecule has 6 heteroatoms. The Labute approximate surface area is 136 Å². The fraction of sp³-hybridized carbons (Fsp3) is 0.188. The molecule has 0 aliphatic heterocycles. The number of hydrogen-bond donors (Lipinski definition) is 2. The van der Waals surface area contributed by atoms with E-state index in [9.17, 15) is 9.90 Å². The highest BCUT2D eigenvalue weighted by molar-refractivity contribution is 7.17. The van der Waals surface area contributed by atoms with Crippen LogP contribution in [0, 0.1) is 0 Å². The predicted octanol–water partition coefficient (Wildman–Crippen LogP) is 4.00. The molecule has 4 nitrogen and oxygen atoms in total. The van der Waals surface area contributed by atoms with Crippen molar-refractivity contribution in [2.75, 3.05) is 6.54 Å². The molecule has 2 heterocycles. The molecule has 2 N–H and O–H groups in total. The summed E-state index contributed by atoms with van der Waals surface area (Å²) in [5.74, 6) is 0.323. The number of amides is 1. The lowest BCUT2D eigenvalue weighted by Crippen LogP contribution is -2.24. The second kappa shape index (κ2) is 6.52. The van der Waals surface area contributed by atoms with Crippen LogP contribution in [0.5, 0.6) is 0 Å². The average molecular weight is 336 g/mol. The second-order valence-electron chi connectivity index (χ2n) is 4.85. The largest absolute Gasteiger partial charge is 0.458 e. The van der Waals surface area contributed by atoms with Gasteiger partial charge in [-0.15, -0.1) is 11.3 Å². The third-order valence-corrected chi connectivity index (χ3v) is 4.50. The number of aliphatic hydroxyl groups excluding tert-OH is 1. The Bertz CT molecular complexity index is 762. The Morgan fingerprint density at radius 2 is 2.14 bits per heavy atom. The van der Waals surface area contributed by atoms with Crippen LogP contribution < -0.4 is 5.32 Å². The second-order valence-corrected chi connectivity index (χ2v) is 6.57. The van der Waals surface area contributed by atoms with Gasteiger partial charge in [0.15, 0.2) is 0 Å². The van der Waals surface area contributed by atoms with E-state index in [4.69, 9.17) is 16.0 Å². The number of nitrogens with one attached hydrogen (secondary N) is 1. The van der Waals surface area contributed by atoms with E-state index in [1.807, 2.05) is 30.3 Å². The number of hydrogen-bond acceptors (Lipinski definition) is 4. The number of para-hydroxylation sites is 1. The van der Waals surface area contributed by atoms with E-state index >= 15 is 0 Å². The van der Waals surface area contributed by atoms with Crippen molar-refractivity contribution in [2.45, 2.75) is 12.5 Å². The zero-order valence-electron chi connectivity index (χ0n) is 11.6. The molecule has 0 unspecified atom stereocenters. The molecule has 2 aromatic heterocycles. The molecule has 0 aliphatic carbocycles. The van der Waals surface area contributed by atoms with Gasteiger partial charge in [0.25, 0.3) is 5.91 Å². The maximum atomic E-state index is 11.9. The fourth-order valence-electron chi connectivity index (χ4n) is 2.15. The normalized spacial score (nSPS) is 12.5. The smallest absolute Gasteiger partial charge is 0.261 e. The lowest BCUT2D eigenvalue weighted by molar-refractivity contribution is 0.0940. The summed E-state index contributed by atoms with van der Waals surface area (Å²) in [6.07, 6.45) is -0.371. The van der Waals surface area contributed by atoms with Gasteiger partial charge in [-0.1, -0.05) is 29.8 Å². The molecule has 22 heavy (non-hydrogen) atoms. The molecule has 3 rings (SSSR count). The van der Waals surface area contributed by atoms with E-state index < -0.39 is 6.10 Å². The van der Waals surface area contributed by atoms with Gasteiger partial charge in [0.2, 0.25) is 0 Å². The number of fused-ring (bicyclic) bond motifs is 1. The summed E-state index contributed by atoms with van der Waals surface area (Å²) in [5, 5.41) is 13.9. The van der Waals surface area contributed by atoms with Gasteiger partial charge in [-0.05, 0) is 30.7 Å². The third kappa shape index (κ3) is 3.32. The number of rotatable bonds is 5. The SMILES string of the molecule is O=C(NCC[C@@H](O)c1cc2ccccc2o1)c1ccc(Cl)s1. The minimum absolute atomic E-state index is 0.186. The Hall–Kier alpha value is -1.82. The Kier molecular flexibility index (Phi) is 4.47. The molecule has 1 aromatic carbocycles. The van der Waals surface area contributed by atoms with Gasteiger partial charge in [-0.2, -0.15) is 0 Å². The minimum Gasteiger partial charge on any atom is -0.458 e. The lowest BCUT2D eigenvalue weighted by Gasteiger charge is -2.08. The Morgan fingerprint density at radius 1 is 1.32 bits per heavy atom. The van der Waals surface area contributed by atoms with Crippen molar-refractivity contribution in [3.05, 3.63) is 57.4 Å². The van der Waals surface area contributed by atoms with Crippen LogP contribution in [0.25, 0.3) is 11.0 Å². The van der Waals surface area contributed by atoms with E-state index in [1.165, 1.54) is 11.3 Å². The van der Waals surface area contributed by atoms with E-state index in [0.717, 1.165) is 11.0 Å². The number of benzene rings is 1. The van der Waals surface area contributed by atoms with E-state index in [2.05, 4.69) is 5.32 Å². The summed E-state index contributed by atoms with van der Waals surface area (Å²) in [6.45, 7) is 0.354. The molecule has 3 aromatic rings. The van der Waals surface area contributed by atoms with E-state index in [1.54, 1.807) is 12.1 Å². The maximum Gasteiger partial charge on any atom is 0.261 e. The first-order chi connectivity index (χ1) is 10.6. The molecule has 1 atom stereocenters.